The number of rotatable bonds is 1. The number of thiocarbonyl (C=S) groups is 1. The first-order chi connectivity index (χ1) is 8.00. The Bertz CT molecular complexity index is 545. The van der Waals surface area contributed by atoms with Gasteiger partial charge in [-0.2, -0.15) is 0 Å². The Morgan fingerprint density at radius 1 is 1.35 bits per heavy atom. The number of carbonyl (C=O) groups is 2. The van der Waals surface area contributed by atoms with Crippen molar-refractivity contribution in [2.75, 3.05) is 7.05 Å². The lowest BCUT2D eigenvalue weighted by Crippen LogP contribution is -2.52. The smallest absolute Gasteiger partial charge is 0.265 e. The summed E-state index contributed by atoms with van der Waals surface area (Å²) in [7, 11) is 3.37. The number of nitrogens with zero attached hydrogens (tertiary/aromatic N) is 2. The fourth-order valence-electron chi connectivity index (χ4n) is 1.52. The van der Waals surface area contributed by atoms with Crippen LogP contribution in [0.2, 0.25) is 0 Å². The van der Waals surface area contributed by atoms with Crippen LogP contribution in [0.3, 0.4) is 0 Å². The van der Waals surface area contributed by atoms with Crippen molar-refractivity contribution in [3.8, 4) is 0 Å². The molecule has 1 aliphatic heterocycles. The zero-order chi connectivity index (χ0) is 12.6. The third-order valence-electron chi connectivity index (χ3n) is 2.58. The van der Waals surface area contributed by atoms with Gasteiger partial charge >= 0.3 is 0 Å². The summed E-state index contributed by atoms with van der Waals surface area (Å²) in [6.07, 6.45) is 3.39. The van der Waals surface area contributed by atoms with Gasteiger partial charge in [0.05, 0.1) is 0 Å². The summed E-state index contributed by atoms with van der Waals surface area (Å²) >= 11 is 4.85. The van der Waals surface area contributed by atoms with E-state index in [0.29, 0.717) is 0 Å². The Labute approximate surface area is 104 Å². The predicted octanol–water partition coefficient (Wildman–Crippen LogP) is 0.282. The van der Waals surface area contributed by atoms with Crippen molar-refractivity contribution in [2.45, 2.75) is 0 Å². The van der Waals surface area contributed by atoms with Crippen LogP contribution in [-0.2, 0) is 16.6 Å². The second-order valence-electron chi connectivity index (χ2n) is 3.73. The lowest BCUT2D eigenvalue weighted by Gasteiger charge is -2.24. The molecule has 2 amide bonds. The van der Waals surface area contributed by atoms with E-state index in [1.165, 1.54) is 11.9 Å². The summed E-state index contributed by atoms with van der Waals surface area (Å²) in [4.78, 5) is 24.8. The Morgan fingerprint density at radius 3 is 2.65 bits per heavy atom. The van der Waals surface area contributed by atoms with Crippen LogP contribution in [-0.4, -0.2) is 33.4 Å². The molecule has 0 radical (unpaired) electrons. The van der Waals surface area contributed by atoms with Crippen molar-refractivity contribution >= 4 is 35.2 Å². The van der Waals surface area contributed by atoms with E-state index in [4.69, 9.17) is 12.2 Å². The average molecular weight is 249 g/mol. The van der Waals surface area contributed by atoms with Gasteiger partial charge in [0.2, 0.25) is 0 Å². The molecule has 17 heavy (non-hydrogen) atoms. The van der Waals surface area contributed by atoms with Gasteiger partial charge in [0.25, 0.3) is 11.8 Å². The number of amides is 2. The third-order valence-corrected chi connectivity index (χ3v) is 2.96. The van der Waals surface area contributed by atoms with Gasteiger partial charge in [-0.3, -0.25) is 19.8 Å². The lowest BCUT2D eigenvalue weighted by atomic mass is 10.1. The van der Waals surface area contributed by atoms with E-state index in [2.05, 4.69) is 5.32 Å². The zero-order valence-electron chi connectivity index (χ0n) is 9.43. The Hall–Kier alpha value is -1.95. The number of aromatic nitrogens is 1. The van der Waals surface area contributed by atoms with Crippen molar-refractivity contribution in [2.24, 2.45) is 7.05 Å². The molecule has 6 heteroatoms. The minimum Gasteiger partial charge on any atom is -0.351 e. The van der Waals surface area contributed by atoms with E-state index in [-0.39, 0.29) is 16.6 Å². The zero-order valence-corrected chi connectivity index (χ0v) is 10.2. The molecule has 2 heterocycles. The van der Waals surface area contributed by atoms with Crippen LogP contribution >= 0.6 is 12.2 Å². The maximum Gasteiger partial charge on any atom is 0.265 e. The fraction of sp³-hybridized carbons (Fsp3) is 0.182. The van der Waals surface area contributed by atoms with E-state index in [1.54, 1.807) is 6.08 Å². The number of likely N-dealkylation sites (N-methyl/N-ethyl adjacent to an activating group) is 1. The molecule has 5 nitrogen and oxygen atoms in total. The van der Waals surface area contributed by atoms with Gasteiger partial charge in [-0.15, -0.1) is 0 Å². The number of aryl methyl sites for hydroxylation is 1. The van der Waals surface area contributed by atoms with E-state index in [0.717, 1.165) is 5.69 Å². The van der Waals surface area contributed by atoms with E-state index >= 15 is 0 Å². The van der Waals surface area contributed by atoms with Crippen LogP contribution in [0.15, 0.2) is 23.9 Å². The topological polar surface area (TPSA) is 54.3 Å². The maximum absolute atomic E-state index is 11.9. The highest BCUT2D eigenvalue weighted by Gasteiger charge is 2.30. The molecule has 0 saturated carbocycles. The molecular formula is C11H11N3O2S. The van der Waals surface area contributed by atoms with Crippen LogP contribution in [0.5, 0.6) is 0 Å². The van der Waals surface area contributed by atoms with Crippen LogP contribution in [0.1, 0.15) is 5.69 Å². The van der Waals surface area contributed by atoms with Crippen LogP contribution in [0.4, 0.5) is 0 Å². The number of hydrogen-bond donors (Lipinski definition) is 1. The Balaban J connectivity index is 2.41. The van der Waals surface area contributed by atoms with Crippen LogP contribution in [0, 0.1) is 0 Å². The quantitative estimate of drug-likeness (QED) is 0.442. The van der Waals surface area contributed by atoms with E-state index in [1.807, 2.05) is 29.9 Å². The van der Waals surface area contributed by atoms with Gasteiger partial charge in [-0.1, -0.05) is 0 Å². The minimum absolute atomic E-state index is 0.0860. The normalized spacial score (nSPS) is 18.8. The first-order valence-electron chi connectivity index (χ1n) is 4.97. The first-order valence-corrected chi connectivity index (χ1v) is 5.38. The first kappa shape index (κ1) is 11.5. The molecule has 1 N–H and O–H groups in total. The average Bonchev–Trinajstić information content (AvgIpc) is 2.67. The largest absolute Gasteiger partial charge is 0.351 e. The Kier molecular flexibility index (Phi) is 2.81. The monoisotopic (exact) mass is 249 g/mol. The highest BCUT2D eigenvalue weighted by Crippen LogP contribution is 2.13. The van der Waals surface area contributed by atoms with Gasteiger partial charge in [0.1, 0.15) is 5.57 Å². The minimum atomic E-state index is -0.459. The highest BCUT2D eigenvalue weighted by atomic mass is 32.1. The summed E-state index contributed by atoms with van der Waals surface area (Å²) in [6, 6.07) is 3.66. The van der Waals surface area contributed by atoms with Crippen molar-refractivity contribution < 1.29 is 9.59 Å². The molecule has 2 rings (SSSR count). The molecule has 1 saturated heterocycles. The Morgan fingerprint density at radius 2 is 2.06 bits per heavy atom. The van der Waals surface area contributed by atoms with Crippen molar-refractivity contribution in [1.82, 2.24) is 14.8 Å². The molecule has 0 aliphatic carbocycles. The van der Waals surface area contributed by atoms with Crippen LogP contribution in [0.25, 0.3) is 6.08 Å². The molecule has 1 aromatic heterocycles. The molecule has 0 aromatic carbocycles. The van der Waals surface area contributed by atoms with Crippen molar-refractivity contribution in [3.63, 3.8) is 0 Å². The van der Waals surface area contributed by atoms with E-state index < -0.39 is 5.91 Å². The fourth-order valence-corrected chi connectivity index (χ4v) is 1.69. The molecule has 0 atom stereocenters. The summed E-state index contributed by atoms with van der Waals surface area (Å²) in [5.41, 5.74) is 0.868. The summed E-state index contributed by atoms with van der Waals surface area (Å²) in [6.45, 7) is 0. The molecule has 1 fully saturated rings. The van der Waals surface area contributed by atoms with Gasteiger partial charge in [0.15, 0.2) is 5.11 Å². The van der Waals surface area contributed by atoms with Gasteiger partial charge in [-0.05, 0) is 30.4 Å². The number of nitrogens with one attached hydrogen (secondary N) is 1. The maximum atomic E-state index is 11.9. The SMILES string of the molecule is CN1C(=O)/C(=C/c2cccn2C)C(=O)NC1=S. The van der Waals surface area contributed by atoms with Gasteiger partial charge in [0, 0.05) is 26.0 Å². The molecule has 1 aromatic rings. The second kappa shape index (κ2) is 4.14. The summed E-state index contributed by atoms with van der Waals surface area (Å²) in [5, 5.41) is 2.59. The summed E-state index contributed by atoms with van der Waals surface area (Å²) < 4.78 is 1.82. The lowest BCUT2D eigenvalue weighted by molar-refractivity contribution is -0.128. The summed E-state index contributed by atoms with van der Waals surface area (Å²) in [5.74, 6) is -0.848. The highest BCUT2D eigenvalue weighted by molar-refractivity contribution is 7.80. The van der Waals surface area contributed by atoms with E-state index in [9.17, 15) is 9.59 Å². The second-order valence-corrected chi connectivity index (χ2v) is 4.11. The van der Waals surface area contributed by atoms with Crippen molar-refractivity contribution in [3.05, 3.63) is 29.6 Å². The van der Waals surface area contributed by atoms with Gasteiger partial charge in [-0.25, -0.2) is 0 Å². The molecule has 1 aliphatic rings. The van der Waals surface area contributed by atoms with Gasteiger partial charge < -0.3 is 4.57 Å². The molecule has 88 valence electrons. The molecule has 0 bridgehead atoms. The number of carbonyl (C=O) groups excluding carboxylic acids is 2. The molecular weight excluding hydrogens is 238 g/mol. The number of hydrogen-bond acceptors (Lipinski definition) is 3. The van der Waals surface area contributed by atoms with Crippen molar-refractivity contribution in [1.29, 1.82) is 0 Å². The standard InChI is InChI=1S/C11H11N3O2S/c1-13-5-3-4-7(13)6-8-9(15)12-11(17)14(2)10(8)16/h3-6H,1-2H3,(H,12,15,17)/b8-6+. The third kappa shape index (κ3) is 1.99. The molecule has 0 spiro atoms. The van der Waals surface area contributed by atoms with Crippen LogP contribution < -0.4 is 5.32 Å². The predicted molar refractivity (Wildman–Crippen MR) is 66.9 cm³/mol. The molecule has 0 unspecified atom stereocenters.